The molecule has 2 heteroatoms. The molecule has 0 amide bonds. The van der Waals surface area contributed by atoms with Gasteiger partial charge in [0.05, 0.1) is 6.61 Å². The maximum Gasteiger partial charge on any atom is 0.123 e. The molecule has 1 atom stereocenters. The summed E-state index contributed by atoms with van der Waals surface area (Å²) in [7, 11) is 0. The molecule has 0 spiro atoms. The zero-order valence-electron chi connectivity index (χ0n) is 9.40. The first-order chi connectivity index (χ1) is 8.33. The molecule has 0 N–H and O–H groups in total. The van der Waals surface area contributed by atoms with Gasteiger partial charge in [0.2, 0.25) is 0 Å². The van der Waals surface area contributed by atoms with Crippen LogP contribution in [0.2, 0.25) is 0 Å². The van der Waals surface area contributed by atoms with Gasteiger partial charge in [-0.05, 0) is 41.8 Å². The van der Waals surface area contributed by atoms with Gasteiger partial charge in [0.25, 0.3) is 0 Å². The second-order valence-corrected chi connectivity index (χ2v) is 4.36. The highest BCUT2D eigenvalue weighted by atomic mass is 19.1. The number of benzene rings is 2. The lowest BCUT2D eigenvalue weighted by Crippen LogP contribution is -2.23. The molecule has 0 fully saturated rings. The lowest BCUT2D eigenvalue weighted by atomic mass is 9.78. The van der Waals surface area contributed by atoms with Crippen molar-refractivity contribution in [3.8, 4) is 5.75 Å². The molecule has 0 heterocycles. The SMILES string of the molecule is Fc1ccc(OCC2Cc3ccccc32)cc1. The molecule has 0 saturated heterocycles. The minimum Gasteiger partial charge on any atom is -0.493 e. The summed E-state index contributed by atoms with van der Waals surface area (Å²) in [4.78, 5) is 0. The number of rotatable bonds is 3. The average molecular weight is 228 g/mol. The van der Waals surface area contributed by atoms with Gasteiger partial charge in [-0.15, -0.1) is 0 Å². The van der Waals surface area contributed by atoms with Crippen molar-refractivity contribution in [3.05, 3.63) is 65.5 Å². The first-order valence-corrected chi connectivity index (χ1v) is 5.79. The van der Waals surface area contributed by atoms with Gasteiger partial charge in [-0.3, -0.25) is 0 Å². The number of hydrogen-bond donors (Lipinski definition) is 0. The molecule has 2 aromatic carbocycles. The molecule has 0 aromatic heterocycles. The van der Waals surface area contributed by atoms with E-state index in [9.17, 15) is 4.39 Å². The van der Waals surface area contributed by atoms with Crippen molar-refractivity contribution >= 4 is 0 Å². The molecule has 1 nitrogen and oxygen atoms in total. The summed E-state index contributed by atoms with van der Waals surface area (Å²) < 4.78 is 18.4. The maximum atomic E-state index is 12.7. The molecule has 0 radical (unpaired) electrons. The third-order valence-corrected chi connectivity index (χ3v) is 3.23. The molecule has 1 aliphatic rings. The minimum atomic E-state index is -0.230. The Morgan fingerprint density at radius 1 is 1.06 bits per heavy atom. The molecule has 0 saturated carbocycles. The van der Waals surface area contributed by atoms with Crippen molar-refractivity contribution in [2.45, 2.75) is 12.3 Å². The van der Waals surface area contributed by atoms with Crippen LogP contribution in [0.4, 0.5) is 4.39 Å². The number of halogens is 1. The van der Waals surface area contributed by atoms with Crippen LogP contribution >= 0.6 is 0 Å². The predicted molar refractivity (Wildman–Crippen MR) is 64.8 cm³/mol. The van der Waals surface area contributed by atoms with Gasteiger partial charge in [-0.25, -0.2) is 4.39 Å². The summed E-state index contributed by atoms with van der Waals surface area (Å²) in [6.45, 7) is 0.669. The third-order valence-electron chi connectivity index (χ3n) is 3.23. The summed E-state index contributed by atoms with van der Waals surface area (Å²) in [5, 5.41) is 0. The van der Waals surface area contributed by atoms with Crippen LogP contribution in [-0.4, -0.2) is 6.61 Å². The fraction of sp³-hybridized carbons (Fsp3) is 0.200. The molecular weight excluding hydrogens is 215 g/mol. The van der Waals surface area contributed by atoms with E-state index in [2.05, 4.69) is 24.3 Å². The molecule has 86 valence electrons. The molecule has 1 aliphatic carbocycles. The summed E-state index contributed by atoms with van der Waals surface area (Å²) in [5.74, 6) is 0.985. The van der Waals surface area contributed by atoms with Crippen LogP contribution in [0.5, 0.6) is 5.75 Å². The molecular formula is C15H13FO. The van der Waals surface area contributed by atoms with Crippen molar-refractivity contribution in [3.63, 3.8) is 0 Å². The third kappa shape index (κ3) is 2.03. The van der Waals surface area contributed by atoms with Crippen LogP contribution in [0.3, 0.4) is 0 Å². The highest BCUT2D eigenvalue weighted by molar-refractivity contribution is 5.40. The quantitative estimate of drug-likeness (QED) is 0.780. The topological polar surface area (TPSA) is 9.23 Å². The van der Waals surface area contributed by atoms with E-state index in [-0.39, 0.29) is 5.82 Å². The van der Waals surface area contributed by atoms with Crippen molar-refractivity contribution < 1.29 is 9.13 Å². The number of fused-ring (bicyclic) bond motifs is 1. The Kier molecular flexibility index (Phi) is 2.56. The van der Waals surface area contributed by atoms with E-state index >= 15 is 0 Å². The Hall–Kier alpha value is -1.83. The molecule has 17 heavy (non-hydrogen) atoms. The standard InChI is InChI=1S/C15H13FO/c16-13-5-7-14(8-6-13)17-10-12-9-11-3-1-2-4-15(11)12/h1-8,12H,9-10H2. The highest BCUT2D eigenvalue weighted by Crippen LogP contribution is 2.35. The van der Waals surface area contributed by atoms with Crippen LogP contribution in [0, 0.1) is 5.82 Å². The first kappa shape index (κ1) is 10.3. The van der Waals surface area contributed by atoms with E-state index in [1.54, 1.807) is 12.1 Å². The van der Waals surface area contributed by atoms with Gasteiger partial charge >= 0.3 is 0 Å². The maximum absolute atomic E-state index is 12.7. The Morgan fingerprint density at radius 3 is 2.59 bits per heavy atom. The molecule has 3 rings (SSSR count). The normalized spacial score (nSPS) is 17.1. The molecule has 0 bridgehead atoms. The minimum absolute atomic E-state index is 0.230. The lowest BCUT2D eigenvalue weighted by molar-refractivity contribution is 0.275. The van der Waals surface area contributed by atoms with E-state index in [1.165, 1.54) is 23.3 Å². The highest BCUT2D eigenvalue weighted by Gasteiger charge is 2.25. The van der Waals surface area contributed by atoms with Crippen LogP contribution in [0.15, 0.2) is 48.5 Å². The Bertz CT molecular complexity index is 519. The van der Waals surface area contributed by atoms with Crippen molar-refractivity contribution in [2.24, 2.45) is 0 Å². The van der Waals surface area contributed by atoms with Gasteiger partial charge in [0.15, 0.2) is 0 Å². The largest absolute Gasteiger partial charge is 0.493 e. The first-order valence-electron chi connectivity index (χ1n) is 5.79. The summed E-state index contributed by atoms with van der Waals surface area (Å²) >= 11 is 0. The smallest absolute Gasteiger partial charge is 0.123 e. The molecule has 2 aromatic rings. The second kappa shape index (κ2) is 4.21. The predicted octanol–water partition coefficient (Wildman–Crippen LogP) is 3.54. The van der Waals surface area contributed by atoms with E-state index in [0.717, 1.165) is 12.2 Å². The fourth-order valence-corrected chi connectivity index (χ4v) is 2.24. The van der Waals surface area contributed by atoms with Crippen molar-refractivity contribution in [1.82, 2.24) is 0 Å². The average Bonchev–Trinajstić information content (AvgIpc) is 2.33. The Morgan fingerprint density at radius 2 is 1.82 bits per heavy atom. The zero-order chi connectivity index (χ0) is 11.7. The van der Waals surface area contributed by atoms with Crippen LogP contribution in [-0.2, 0) is 6.42 Å². The van der Waals surface area contributed by atoms with Gasteiger partial charge in [0, 0.05) is 5.92 Å². The second-order valence-electron chi connectivity index (χ2n) is 4.36. The Labute approximate surface area is 99.9 Å². The van der Waals surface area contributed by atoms with Gasteiger partial charge in [0.1, 0.15) is 11.6 Å². The molecule has 1 unspecified atom stereocenters. The van der Waals surface area contributed by atoms with E-state index in [0.29, 0.717) is 12.5 Å². The van der Waals surface area contributed by atoms with Crippen molar-refractivity contribution in [2.75, 3.05) is 6.61 Å². The van der Waals surface area contributed by atoms with E-state index in [1.807, 2.05) is 0 Å². The summed E-state index contributed by atoms with van der Waals surface area (Å²) in [5.41, 5.74) is 2.80. The van der Waals surface area contributed by atoms with Crippen molar-refractivity contribution in [1.29, 1.82) is 0 Å². The monoisotopic (exact) mass is 228 g/mol. The summed E-state index contributed by atoms with van der Waals surface area (Å²) in [6.07, 6.45) is 1.08. The van der Waals surface area contributed by atoms with E-state index < -0.39 is 0 Å². The molecule has 0 aliphatic heterocycles. The van der Waals surface area contributed by atoms with Crippen LogP contribution < -0.4 is 4.74 Å². The fourth-order valence-electron chi connectivity index (χ4n) is 2.24. The zero-order valence-corrected chi connectivity index (χ0v) is 9.40. The number of ether oxygens (including phenoxy) is 1. The lowest BCUT2D eigenvalue weighted by Gasteiger charge is -2.29. The Balaban J connectivity index is 1.62. The summed E-state index contributed by atoms with van der Waals surface area (Å²) in [6, 6.07) is 14.6. The van der Waals surface area contributed by atoms with Crippen LogP contribution in [0.25, 0.3) is 0 Å². The number of hydrogen-bond acceptors (Lipinski definition) is 1. The van der Waals surface area contributed by atoms with E-state index in [4.69, 9.17) is 4.74 Å². The van der Waals surface area contributed by atoms with Gasteiger partial charge in [-0.1, -0.05) is 24.3 Å². The van der Waals surface area contributed by atoms with Crippen LogP contribution in [0.1, 0.15) is 17.0 Å². The van der Waals surface area contributed by atoms with Gasteiger partial charge in [-0.2, -0.15) is 0 Å². The van der Waals surface area contributed by atoms with Gasteiger partial charge < -0.3 is 4.74 Å².